The van der Waals surface area contributed by atoms with Crippen LogP contribution in [-0.2, 0) is 11.3 Å². The van der Waals surface area contributed by atoms with Crippen LogP contribution in [0, 0.1) is 0 Å². The standard InChI is InChI=1S/C15H23N3O3/c1-18(12-13-7-6-9-16-11-13)15(21)17-10-5-3-2-4-8-14(19)20/h6-7,9,11H,2-5,8,10,12H2,1H3,(H,17,21)(H,19,20). The number of aromatic nitrogens is 1. The molecule has 0 atom stereocenters. The molecule has 0 saturated heterocycles. The fraction of sp³-hybridized carbons (Fsp3) is 0.533. The summed E-state index contributed by atoms with van der Waals surface area (Å²) in [6.45, 7) is 1.14. The van der Waals surface area contributed by atoms with E-state index in [1.165, 1.54) is 0 Å². The van der Waals surface area contributed by atoms with E-state index in [0.29, 0.717) is 19.5 Å². The van der Waals surface area contributed by atoms with Gasteiger partial charge in [0.15, 0.2) is 0 Å². The van der Waals surface area contributed by atoms with Crippen LogP contribution in [-0.4, -0.2) is 40.6 Å². The molecule has 6 heteroatoms. The molecule has 1 aromatic heterocycles. The molecule has 0 spiro atoms. The van der Waals surface area contributed by atoms with Gasteiger partial charge < -0.3 is 15.3 Å². The Morgan fingerprint density at radius 1 is 1.29 bits per heavy atom. The summed E-state index contributed by atoms with van der Waals surface area (Å²) in [6.07, 6.45) is 7.05. The number of carboxylic acids is 1. The van der Waals surface area contributed by atoms with Crippen LogP contribution in [0.5, 0.6) is 0 Å². The van der Waals surface area contributed by atoms with Gasteiger partial charge >= 0.3 is 12.0 Å². The number of nitrogens with one attached hydrogen (secondary N) is 1. The van der Waals surface area contributed by atoms with Crippen LogP contribution < -0.4 is 5.32 Å². The van der Waals surface area contributed by atoms with E-state index in [4.69, 9.17) is 5.11 Å². The quantitative estimate of drug-likeness (QED) is 0.684. The average Bonchev–Trinajstić information content (AvgIpc) is 2.46. The van der Waals surface area contributed by atoms with Crippen LogP contribution >= 0.6 is 0 Å². The minimum absolute atomic E-state index is 0.107. The van der Waals surface area contributed by atoms with E-state index in [2.05, 4.69) is 10.3 Å². The summed E-state index contributed by atoms with van der Waals surface area (Å²) in [6, 6.07) is 3.67. The fourth-order valence-electron chi connectivity index (χ4n) is 1.92. The predicted octanol–water partition coefficient (Wildman–Crippen LogP) is 2.26. The van der Waals surface area contributed by atoms with Crippen LogP contribution in [0.4, 0.5) is 4.79 Å². The molecular formula is C15H23N3O3. The monoisotopic (exact) mass is 293 g/mol. The normalized spacial score (nSPS) is 10.1. The van der Waals surface area contributed by atoms with Gasteiger partial charge in [0.05, 0.1) is 0 Å². The average molecular weight is 293 g/mol. The first-order chi connectivity index (χ1) is 10.1. The maximum absolute atomic E-state index is 11.8. The van der Waals surface area contributed by atoms with Gasteiger partial charge in [-0.3, -0.25) is 9.78 Å². The zero-order chi connectivity index (χ0) is 15.5. The number of amides is 2. The number of pyridine rings is 1. The minimum Gasteiger partial charge on any atom is -0.481 e. The third kappa shape index (κ3) is 7.91. The molecule has 6 nitrogen and oxygen atoms in total. The number of carbonyl (C=O) groups excluding carboxylic acids is 1. The minimum atomic E-state index is -0.750. The van der Waals surface area contributed by atoms with Gasteiger partial charge in [-0.15, -0.1) is 0 Å². The molecular weight excluding hydrogens is 270 g/mol. The Balaban J connectivity index is 2.09. The number of unbranched alkanes of at least 4 members (excludes halogenated alkanes) is 3. The number of hydrogen-bond donors (Lipinski definition) is 2. The van der Waals surface area contributed by atoms with Crippen molar-refractivity contribution < 1.29 is 14.7 Å². The van der Waals surface area contributed by atoms with Crippen molar-refractivity contribution in [3.63, 3.8) is 0 Å². The number of carbonyl (C=O) groups is 2. The zero-order valence-corrected chi connectivity index (χ0v) is 12.4. The van der Waals surface area contributed by atoms with Gasteiger partial charge in [-0.05, 0) is 24.5 Å². The molecule has 0 bridgehead atoms. The molecule has 1 rings (SSSR count). The molecule has 0 unspecified atom stereocenters. The summed E-state index contributed by atoms with van der Waals surface area (Å²) in [4.78, 5) is 27.8. The van der Waals surface area contributed by atoms with Crippen LogP contribution in [0.25, 0.3) is 0 Å². The first kappa shape index (κ1) is 16.9. The Labute approximate surface area is 125 Å². The highest BCUT2D eigenvalue weighted by atomic mass is 16.4. The highest BCUT2D eigenvalue weighted by Gasteiger charge is 2.07. The summed E-state index contributed by atoms with van der Waals surface area (Å²) in [7, 11) is 1.75. The summed E-state index contributed by atoms with van der Waals surface area (Å²) >= 11 is 0. The molecule has 116 valence electrons. The van der Waals surface area contributed by atoms with Gasteiger partial charge in [0.25, 0.3) is 0 Å². The van der Waals surface area contributed by atoms with Crippen molar-refractivity contribution in [1.29, 1.82) is 0 Å². The van der Waals surface area contributed by atoms with Crippen molar-refractivity contribution in [2.45, 2.75) is 38.6 Å². The fourth-order valence-corrected chi connectivity index (χ4v) is 1.92. The van der Waals surface area contributed by atoms with E-state index < -0.39 is 5.97 Å². The van der Waals surface area contributed by atoms with E-state index in [1.54, 1.807) is 24.3 Å². The second kappa shape index (κ2) is 9.74. The van der Waals surface area contributed by atoms with Gasteiger partial charge in [0.1, 0.15) is 0 Å². The topological polar surface area (TPSA) is 82.5 Å². The first-order valence-electron chi connectivity index (χ1n) is 7.19. The molecule has 0 saturated carbocycles. The second-order valence-corrected chi connectivity index (χ2v) is 5.01. The number of nitrogens with zero attached hydrogens (tertiary/aromatic N) is 2. The van der Waals surface area contributed by atoms with Crippen molar-refractivity contribution >= 4 is 12.0 Å². The van der Waals surface area contributed by atoms with E-state index in [-0.39, 0.29) is 12.5 Å². The molecule has 0 aliphatic rings. The predicted molar refractivity (Wildman–Crippen MR) is 79.8 cm³/mol. The second-order valence-electron chi connectivity index (χ2n) is 5.01. The Kier molecular flexibility index (Phi) is 7.86. The van der Waals surface area contributed by atoms with Gasteiger partial charge in [-0.2, -0.15) is 0 Å². The third-order valence-electron chi connectivity index (χ3n) is 3.08. The first-order valence-corrected chi connectivity index (χ1v) is 7.19. The Morgan fingerprint density at radius 3 is 2.71 bits per heavy atom. The Hall–Kier alpha value is -2.11. The summed E-state index contributed by atoms with van der Waals surface area (Å²) in [5, 5.41) is 11.4. The highest BCUT2D eigenvalue weighted by Crippen LogP contribution is 2.03. The molecule has 0 fully saturated rings. The van der Waals surface area contributed by atoms with E-state index in [1.807, 2.05) is 12.1 Å². The number of rotatable bonds is 9. The number of hydrogen-bond acceptors (Lipinski definition) is 3. The molecule has 1 aromatic rings. The third-order valence-corrected chi connectivity index (χ3v) is 3.08. The Morgan fingerprint density at radius 2 is 2.05 bits per heavy atom. The smallest absolute Gasteiger partial charge is 0.317 e. The molecule has 0 aliphatic heterocycles. The summed E-state index contributed by atoms with van der Waals surface area (Å²) in [5.74, 6) is -0.750. The number of urea groups is 1. The largest absolute Gasteiger partial charge is 0.481 e. The lowest BCUT2D eigenvalue weighted by Crippen LogP contribution is -2.37. The van der Waals surface area contributed by atoms with Crippen LogP contribution in [0.15, 0.2) is 24.5 Å². The lowest BCUT2D eigenvalue weighted by molar-refractivity contribution is -0.137. The molecule has 0 aliphatic carbocycles. The zero-order valence-electron chi connectivity index (χ0n) is 12.4. The van der Waals surface area contributed by atoms with Gasteiger partial charge in [0, 0.05) is 39.0 Å². The van der Waals surface area contributed by atoms with E-state index in [0.717, 1.165) is 24.8 Å². The van der Waals surface area contributed by atoms with Gasteiger partial charge in [-0.25, -0.2) is 4.79 Å². The van der Waals surface area contributed by atoms with Crippen LogP contribution in [0.2, 0.25) is 0 Å². The molecule has 0 radical (unpaired) electrons. The van der Waals surface area contributed by atoms with Crippen molar-refractivity contribution in [2.24, 2.45) is 0 Å². The Bertz CT molecular complexity index is 437. The van der Waals surface area contributed by atoms with Crippen LogP contribution in [0.3, 0.4) is 0 Å². The van der Waals surface area contributed by atoms with Gasteiger partial charge in [0.2, 0.25) is 0 Å². The van der Waals surface area contributed by atoms with Crippen molar-refractivity contribution in [1.82, 2.24) is 15.2 Å². The summed E-state index contributed by atoms with van der Waals surface area (Å²) < 4.78 is 0. The van der Waals surface area contributed by atoms with E-state index >= 15 is 0 Å². The lowest BCUT2D eigenvalue weighted by atomic mass is 10.1. The summed E-state index contributed by atoms with van der Waals surface area (Å²) in [5.41, 5.74) is 0.990. The van der Waals surface area contributed by atoms with Gasteiger partial charge in [-0.1, -0.05) is 18.9 Å². The highest BCUT2D eigenvalue weighted by molar-refractivity contribution is 5.73. The molecule has 2 N–H and O–H groups in total. The molecule has 2 amide bonds. The van der Waals surface area contributed by atoms with Crippen molar-refractivity contribution in [2.75, 3.05) is 13.6 Å². The molecule has 0 aromatic carbocycles. The number of aliphatic carboxylic acids is 1. The molecule has 21 heavy (non-hydrogen) atoms. The van der Waals surface area contributed by atoms with E-state index in [9.17, 15) is 9.59 Å². The maximum Gasteiger partial charge on any atom is 0.317 e. The van der Waals surface area contributed by atoms with Crippen molar-refractivity contribution in [3.05, 3.63) is 30.1 Å². The number of carboxylic acid groups (broad SMARTS) is 1. The SMILES string of the molecule is CN(Cc1cccnc1)C(=O)NCCCCCCC(=O)O. The van der Waals surface area contributed by atoms with Crippen molar-refractivity contribution in [3.8, 4) is 0 Å². The van der Waals surface area contributed by atoms with Crippen LogP contribution in [0.1, 0.15) is 37.7 Å². The molecule has 1 heterocycles. The maximum atomic E-state index is 11.8. The lowest BCUT2D eigenvalue weighted by Gasteiger charge is -2.17.